The highest BCUT2D eigenvalue weighted by Gasteiger charge is 2.15. The highest BCUT2D eigenvalue weighted by atomic mass is 19.2. The third-order valence-electron chi connectivity index (χ3n) is 2.00. The van der Waals surface area contributed by atoms with E-state index in [1.807, 2.05) is 0 Å². The Bertz CT molecular complexity index is 526. The van der Waals surface area contributed by atoms with Gasteiger partial charge in [0.05, 0.1) is 5.69 Å². The lowest BCUT2D eigenvalue weighted by molar-refractivity contribution is 0.448. The highest BCUT2D eigenvalue weighted by Crippen LogP contribution is 2.23. The molecule has 0 fully saturated rings. The number of nitrogens with two attached hydrogens (primary N) is 1. The zero-order valence-electron chi connectivity index (χ0n) is 7.92. The lowest BCUT2D eigenvalue weighted by Crippen LogP contribution is -1.98. The largest absolute Gasteiger partial charge is 0.382 e. The maximum atomic E-state index is 13.3. The maximum Gasteiger partial charge on any atom is 0.195 e. The fourth-order valence-corrected chi connectivity index (χ4v) is 1.21. The number of benzene rings is 1. The molecular formula is C10H6F3N3. The van der Waals surface area contributed by atoms with Crippen molar-refractivity contribution < 1.29 is 13.2 Å². The predicted octanol–water partition coefficient (Wildman–Crippen LogP) is 2.14. The van der Waals surface area contributed by atoms with E-state index in [9.17, 15) is 13.2 Å². The molecule has 0 aliphatic rings. The molecule has 3 nitrogen and oxygen atoms in total. The summed E-state index contributed by atoms with van der Waals surface area (Å²) < 4.78 is 38.9. The second kappa shape index (κ2) is 3.80. The van der Waals surface area contributed by atoms with Gasteiger partial charge in [0.2, 0.25) is 0 Å². The molecule has 0 radical (unpaired) electrons. The second-order valence-corrected chi connectivity index (χ2v) is 3.07. The van der Waals surface area contributed by atoms with E-state index in [1.54, 1.807) is 0 Å². The van der Waals surface area contributed by atoms with Crippen LogP contribution in [0.4, 0.5) is 19.0 Å². The molecule has 0 aliphatic carbocycles. The molecule has 2 N–H and O–H groups in total. The Hall–Kier alpha value is -2.11. The number of hydrogen-bond donors (Lipinski definition) is 1. The molecule has 1 aromatic carbocycles. The first-order chi connectivity index (χ1) is 7.59. The summed E-state index contributed by atoms with van der Waals surface area (Å²) in [7, 11) is 0. The van der Waals surface area contributed by atoms with E-state index in [4.69, 9.17) is 5.73 Å². The molecule has 0 bridgehead atoms. The number of aromatic nitrogens is 2. The molecule has 6 heteroatoms. The smallest absolute Gasteiger partial charge is 0.195 e. The summed E-state index contributed by atoms with van der Waals surface area (Å²) in [6, 6.07) is 4.68. The van der Waals surface area contributed by atoms with Crippen molar-refractivity contribution in [2.45, 2.75) is 0 Å². The van der Waals surface area contributed by atoms with E-state index in [-0.39, 0.29) is 17.1 Å². The van der Waals surface area contributed by atoms with E-state index >= 15 is 0 Å². The molecule has 82 valence electrons. The highest BCUT2D eigenvalue weighted by molar-refractivity contribution is 5.60. The molecule has 0 atom stereocenters. The molecule has 1 heterocycles. The molecule has 0 unspecified atom stereocenters. The Balaban J connectivity index is 2.57. The number of halogens is 3. The number of nitrogen functional groups attached to an aromatic ring is 1. The topological polar surface area (TPSA) is 51.8 Å². The molecule has 2 aromatic rings. The van der Waals surface area contributed by atoms with Crippen LogP contribution in [0.1, 0.15) is 0 Å². The van der Waals surface area contributed by atoms with Gasteiger partial charge in [0.1, 0.15) is 5.82 Å². The average molecular weight is 225 g/mol. The Morgan fingerprint density at radius 2 is 1.62 bits per heavy atom. The van der Waals surface area contributed by atoms with Gasteiger partial charge in [-0.15, -0.1) is 10.2 Å². The van der Waals surface area contributed by atoms with Crippen molar-refractivity contribution in [3.63, 3.8) is 0 Å². The van der Waals surface area contributed by atoms with Crippen LogP contribution >= 0.6 is 0 Å². The third kappa shape index (κ3) is 1.69. The van der Waals surface area contributed by atoms with Crippen molar-refractivity contribution in [2.75, 3.05) is 5.73 Å². The molecule has 2 rings (SSSR count). The molecule has 0 saturated heterocycles. The number of nitrogens with zero attached hydrogens (tertiary/aromatic N) is 2. The first-order valence-electron chi connectivity index (χ1n) is 4.32. The fraction of sp³-hybridized carbons (Fsp3) is 0. The van der Waals surface area contributed by atoms with Crippen molar-refractivity contribution >= 4 is 5.82 Å². The standard InChI is InChI=1S/C10H6F3N3/c11-6-2-1-5(9(12)10(6)13)7-3-4-8(14)16-15-7/h1-4H,(H2,14,16). The number of rotatable bonds is 1. The quantitative estimate of drug-likeness (QED) is 0.756. The molecule has 16 heavy (non-hydrogen) atoms. The Kier molecular flexibility index (Phi) is 2.47. The molecule has 0 saturated carbocycles. The number of anilines is 1. The first kappa shape index (κ1) is 10.4. The van der Waals surface area contributed by atoms with Gasteiger partial charge in [-0.25, -0.2) is 13.2 Å². The van der Waals surface area contributed by atoms with Crippen molar-refractivity contribution in [1.29, 1.82) is 0 Å². The van der Waals surface area contributed by atoms with Crippen LogP contribution in [-0.4, -0.2) is 10.2 Å². The lowest BCUT2D eigenvalue weighted by Gasteiger charge is -2.03. The van der Waals surface area contributed by atoms with E-state index < -0.39 is 17.5 Å². The van der Waals surface area contributed by atoms with E-state index in [0.717, 1.165) is 12.1 Å². The van der Waals surface area contributed by atoms with Crippen molar-refractivity contribution in [3.05, 3.63) is 41.7 Å². The number of hydrogen-bond acceptors (Lipinski definition) is 3. The summed E-state index contributed by atoms with van der Waals surface area (Å²) in [6.07, 6.45) is 0. The summed E-state index contributed by atoms with van der Waals surface area (Å²) in [5.74, 6) is -3.91. The van der Waals surface area contributed by atoms with Crippen LogP contribution in [-0.2, 0) is 0 Å². The first-order valence-corrected chi connectivity index (χ1v) is 4.32. The Morgan fingerprint density at radius 3 is 2.25 bits per heavy atom. The summed E-state index contributed by atoms with van der Waals surface area (Å²) >= 11 is 0. The van der Waals surface area contributed by atoms with E-state index in [0.29, 0.717) is 0 Å². The van der Waals surface area contributed by atoms with Gasteiger partial charge in [-0.05, 0) is 24.3 Å². The normalized spacial score (nSPS) is 10.4. The zero-order valence-corrected chi connectivity index (χ0v) is 7.92. The second-order valence-electron chi connectivity index (χ2n) is 3.07. The van der Waals surface area contributed by atoms with Crippen molar-refractivity contribution in [1.82, 2.24) is 10.2 Å². The van der Waals surface area contributed by atoms with Gasteiger partial charge in [0.15, 0.2) is 17.5 Å². The molecular weight excluding hydrogens is 219 g/mol. The lowest BCUT2D eigenvalue weighted by atomic mass is 10.1. The van der Waals surface area contributed by atoms with Crippen LogP contribution in [0.5, 0.6) is 0 Å². The van der Waals surface area contributed by atoms with Crippen LogP contribution in [0.2, 0.25) is 0 Å². The molecule has 0 spiro atoms. The summed E-state index contributed by atoms with van der Waals surface area (Å²) in [4.78, 5) is 0. The van der Waals surface area contributed by atoms with Crippen LogP contribution in [0.3, 0.4) is 0 Å². The minimum Gasteiger partial charge on any atom is -0.382 e. The van der Waals surface area contributed by atoms with Gasteiger partial charge in [0, 0.05) is 5.56 Å². The Morgan fingerprint density at radius 1 is 0.875 bits per heavy atom. The summed E-state index contributed by atoms with van der Waals surface area (Å²) in [5, 5.41) is 7.07. The van der Waals surface area contributed by atoms with Crippen molar-refractivity contribution in [3.8, 4) is 11.3 Å². The van der Waals surface area contributed by atoms with E-state index in [1.165, 1.54) is 12.1 Å². The van der Waals surface area contributed by atoms with Gasteiger partial charge < -0.3 is 5.73 Å². The van der Waals surface area contributed by atoms with Gasteiger partial charge >= 0.3 is 0 Å². The van der Waals surface area contributed by atoms with Crippen molar-refractivity contribution in [2.24, 2.45) is 0 Å². The minimum atomic E-state index is -1.53. The van der Waals surface area contributed by atoms with Gasteiger partial charge in [0.25, 0.3) is 0 Å². The van der Waals surface area contributed by atoms with Gasteiger partial charge in [-0.1, -0.05) is 0 Å². The van der Waals surface area contributed by atoms with E-state index in [2.05, 4.69) is 10.2 Å². The summed E-state index contributed by atoms with van der Waals surface area (Å²) in [5.41, 5.74) is 5.22. The monoisotopic (exact) mass is 225 g/mol. The molecule has 1 aromatic heterocycles. The van der Waals surface area contributed by atoms with Gasteiger partial charge in [-0.3, -0.25) is 0 Å². The van der Waals surface area contributed by atoms with Crippen LogP contribution in [0, 0.1) is 17.5 Å². The molecule has 0 aliphatic heterocycles. The maximum absolute atomic E-state index is 13.3. The van der Waals surface area contributed by atoms with Gasteiger partial charge in [-0.2, -0.15) is 0 Å². The SMILES string of the molecule is Nc1ccc(-c2ccc(F)c(F)c2F)nn1. The zero-order chi connectivity index (χ0) is 11.7. The summed E-state index contributed by atoms with van der Waals surface area (Å²) in [6.45, 7) is 0. The van der Waals surface area contributed by atoms with Crippen LogP contribution in [0.15, 0.2) is 24.3 Å². The minimum absolute atomic E-state index is 0.0885. The average Bonchev–Trinajstić information content (AvgIpc) is 2.28. The molecule has 0 amide bonds. The fourth-order valence-electron chi connectivity index (χ4n) is 1.21. The third-order valence-corrected chi connectivity index (χ3v) is 2.00. The predicted molar refractivity (Wildman–Crippen MR) is 51.8 cm³/mol. The van der Waals surface area contributed by atoms with Crippen LogP contribution in [0.25, 0.3) is 11.3 Å². The Labute approximate surface area is 88.7 Å². The van der Waals surface area contributed by atoms with Crippen LogP contribution < -0.4 is 5.73 Å².